The minimum Gasteiger partial charge on any atom is -0.352 e. The summed E-state index contributed by atoms with van der Waals surface area (Å²) in [6.07, 6.45) is 1.85. The van der Waals surface area contributed by atoms with Gasteiger partial charge in [-0.15, -0.1) is 5.10 Å². The Kier molecular flexibility index (Phi) is 3.96. The largest absolute Gasteiger partial charge is 0.352 e. The molecule has 7 nitrogen and oxygen atoms in total. The molecular formula is C12H17N5O2. The highest BCUT2D eigenvalue weighted by Gasteiger charge is 2.09. The summed E-state index contributed by atoms with van der Waals surface area (Å²) in [6.45, 7) is 2.47. The lowest BCUT2D eigenvalue weighted by Crippen LogP contribution is -2.38. The summed E-state index contributed by atoms with van der Waals surface area (Å²) < 4.78 is 2.74. The van der Waals surface area contributed by atoms with E-state index in [-0.39, 0.29) is 30.6 Å². The third-order valence-electron chi connectivity index (χ3n) is 2.80. The molecule has 19 heavy (non-hydrogen) atoms. The summed E-state index contributed by atoms with van der Waals surface area (Å²) in [6, 6.07) is 5.25. The maximum atomic E-state index is 11.9. The van der Waals surface area contributed by atoms with Crippen LogP contribution in [0.4, 0.5) is 0 Å². The van der Waals surface area contributed by atoms with E-state index in [4.69, 9.17) is 5.73 Å². The van der Waals surface area contributed by atoms with E-state index < -0.39 is 0 Å². The van der Waals surface area contributed by atoms with Gasteiger partial charge in [0.15, 0.2) is 5.65 Å². The van der Waals surface area contributed by atoms with Crippen LogP contribution in [-0.4, -0.2) is 32.7 Å². The highest BCUT2D eigenvalue weighted by molar-refractivity contribution is 5.76. The molecule has 2 rings (SSSR count). The quantitative estimate of drug-likeness (QED) is 0.749. The normalized spacial score (nSPS) is 12.5. The van der Waals surface area contributed by atoms with E-state index in [2.05, 4.69) is 10.4 Å². The first-order valence-corrected chi connectivity index (χ1v) is 6.15. The molecule has 0 fully saturated rings. The summed E-state index contributed by atoms with van der Waals surface area (Å²) in [4.78, 5) is 23.5. The Hall–Kier alpha value is -2.15. The van der Waals surface area contributed by atoms with Crippen LogP contribution < -0.4 is 16.7 Å². The Morgan fingerprint density at radius 1 is 1.53 bits per heavy atom. The number of hydrogen-bond acceptors (Lipinski definition) is 4. The molecular weight excluding hydrogens is 246 g/mol. The van der Waals surface area contributed by atoms with E-state index in [9.17, 15) is 9.59 Å². The van der Waals surface area contributed by atoms with E-state index in [0.717, 1.165) is 0 Å². The zero-order valence-electron chi connectivity index (χ0n) is 10.7. The van der Waals surface area contributed by atoms with Crippen molar-refractivity contribution in [3.63, 3.8) is 0 Å². The molecule has 7 heteroatoms. The topological polar surface area (TPSA) is 94.4 Å². The first-order valence-electron chi connectivity index (χ1n) is 6.15. The smallest absolute Gasteiger partial charge is 0.350 e. The monoisotopic (exact) mass is 263 g/mol. The number of fused-ring (bicyclic) bond motifs is 1. The van der Waals surface area contributed by atoms with E-state index in [1.165, 1.54) is 9.08 Å². The first-order chi connectivity index (χ1) is 9.11. The van der Waals surface area contributed by atoms with Crippen LogP contribution in [0.3, 0.4) is 0 Å². The summed E-state index contributed by atoms with van der Waals surface area (Å²) in [5.74, 6) is -0.137. The summed E-state index contributed by atoms with van der Waals surface area (Å²) in [5.41, 5.74) is 5.75. The van der Waals surface area contributed by atoms with Crippen LogP contribution >= 0.6 is 0 Å². The molecule has 0 aromatic carbocycles. The highest BCUT2D eigenvalue weighted by atomic mass is 16.2. The van der Waals surface area contributed by atoms with E-state index in [0.29, 0.717) is 12.2 Å². The molecule has 0 spiro atoms. The van der Waals surface area contributed by atoms with Gasteiger partial charge in [0.05, 0.1) is 6.54 Å². The molecule has 2 aromatic heterocycles. The van der Waals surface area contributed by atoms with Crippen molar-refractivity contribution >= 4 is 11.6 Å². The lowest BCUT2D eigenvalue weighted by atomic mass is 10.3. The van der Waals surface area contributed by atoms with Crippen LogP contribution in [0.15, 0.2) is 29.2 Å². The predicted octanol–water partition coefficient (Wildman–Crippen LogP) is -0.650. The van der Waals surface area contributed by atoms with Gasteiger partial charge in [-0.25, -0.2) is 9.48 Å². The molecule has 1 atom stereocenters. The van der Waals surface area contributed by atoms with Crippen LogP contribution in [-0.2, 0) is 11.3 Å². The summed E-state index contributed by atoms with van der Waals surface area (Å²) in [7, 11) is 0. The number of aryl methyl sites for hydroxylation is 1. The van der Waals surface area contributed by atoms with Gasteiger partial charge in [-0.3, -0.25) is 9.20 Å². The third kappa shape index (κ3) is 3.00. The Morgan fingerprint density at radius 2 is 2.32 bits per heavy atom. The average molecular weight is 263 g/mol. The van der Waals surface area contributed by atoms with Crippen molar-refractivity contribution in [2.45, 2.75) is 25.9 Å². The molecule has 2 heterocycles. The van der Waals surface area contributed by atoms with E-state index in [1.807, 2.05) is 13.0 Å². The lowest BCUT2D eigenvalue weighted by Gasteiger charge is -2.10. The van der Waals surface area contributed by atoms with Crippen molar-refractivity contribution in [3.05, 3.63) is 34.9 Å². The van der Waals surface area contributed by atoms with E-state index in [1.54, 1.807) is 18.3 Å². The van der Waals surface area contributed by atoms with Crippen molar-refractivity contribution < 1.29 is 4.79 Å². The standard InChI is InChI=1S/C12H17N5O2/c1-9(8-13)14-11(18)5-7-17-12(19)16-6-3-2-4-10(16)15-17/h2-4,6,9H,5,7-8,13H2,1H3,(H,14,18)/t9-/m0/s1. The minimum atomic E-state index is -0.240. The number of carbonyl (C=O) groups excluding carboxylic acids is 1. The number of nitrogens with one attached hydrogen (secondary N) is 1. The van der Waals surface area contributed by atoms with Gasteiger partial charge in [0.25, 0.3) is 0 Å². The Bertz CT molecular complexity index is 630. The van der Waals surface area contributed by atoms with Crippen LogP contribution in [0.5, 0.6) is 0 Å². The molecule has 1 amide bonds. The highest BCUT2D eigenvalue weighted by Crippen LogP contribution is 1.96. The molecule has 0 bridgehead atoms. The summed E-state index contributed by atoms with van der Waals surface area (Å²) in [5, 5.41) is 6.89. The molecule has 102 valence electrons. The number of pyridine rings is 1. The Balaban J connectivity index is 2.04. The second-order valence-electron chi connectivity index (χ2n) is 4.39. The molecule has 0 radical (unpaired) electrons. The number of aromatic nitrogens is 3. The maximum Gasteiger partial charge on any atom is 0.350 e. The SMILES string of the molecule is C[C@@H](CN)NC(=O)CCn1nc2ccccn2c1=O. The van der Waals surface area contributed by atoms with Gasteiger partial charge >= 0.3 is 5.69 Å². The molecule has 0 unspecified atom stereocenters. The minimum absolute atomic E-state index is 0.0645. The Morgan fingerprint density at radius 3 is 3.00 bits per heavy atom. The molecule has 0 aliphatic rings. The molecule has 0 saturated heterocycles. The van der Waals surface area contributed by atoms with Gasteiger partial charge in [0.2, 0.25) is 5.91 Å². The fourth-order valence-electron chi connectivity index (χ4n) is 1.73. The Labute approximate surface area is 110 Å². The van der Waals surface area contributed by atoms with Gasteiger partial charge in [0, 0.05) is 25.2 Å². The third-order valence-corrected chi connectivity index (χ3v) is 2.80. The number of carbonyl (C=O) groups is 1. The molecule has 3 N–H and O–H groups in total. The van der Waals surface area contributed by atoms with Crippen LogP contribution in [0.25, 0.3) is 5.65 Å². The van der Waals surface area contributed by atoms with Gasteiger partial charge in [-0.1, -0.05) is 6.07 Å². The fourth-order valence-corrected chi connectivity index (χ4v) is 1.73. The maximum absolute atomic E-state index is 11.9. The second kappa shape index (κ2) is 5.66. The fraction of sp³-hybridized carbons (Fsp3) is 0.417. The number of nitrogens with two attached hydrogens (primary N) is 1. The van der Waals surface area contributed by atoms with E-state index >= 15 is 0 Å². The predicted molar refractivity (Wildman–Crippen MR) is 70.7 cm³/mol. The van der Waals surface area contributed by atoms with Crippen LogP contribution in [0, 0.1) is 0 Å². The van der Waals surface area contributed by atoms with Crippen molar-refractivity contribution in [2.75, 3.05) is 6.54 Å². The zero-order valence-corrected chi connectivity index (χ0v) is 10.7. The summed E-state index contributed by atoms with van der Waals surface area (Å²) >= 11 is 0. The van der Waals surface area contributed by atoms with Crippen molar-refractivity contribution in [1.82, 2.24) is 19.5 Å². The van der Waals surface area contributed by atoms with Gasteiger partial charge < -0.3 is 11.1 Å². The van der Waals surface area contributed by atoms with Crippen molar-refractivity contribution in [1.29, 1.82) is 0 Å². The number of amides is 1. The molecule has 2 aromatic rings. The first kappa shape index (κ1) is 13.3. The van der Waals surface area contributed by atoms with Crippen molar-refractivity contribution in [3.8, 4) is 0 Å². The van der Waals surface area contributed by atoms with Crippen molar-refractivity contribution in [2.24, 2.45) is 5.73 Å². The van der Waals surface area contributed by atoms with Gasteiger partial charge in [0.1, 0.15) is 0 Å². The van der Waals surface area contributed by atoms with Crippen LogP contribution in [0.2, 0.25) is 0 Å². The number of hydrogen-bond donors (Lipinski definition) is 2. The number of rotatable bonds is 5. The molecule has 0 aliphatic carbocycles. The molecule has 0 aliphatic heterocycles. The van der Waals surface area contributed by atoms with Crippen LogP contribution in [0.1, 0.15) is 13.3 Å². The average Bonchev–Trinajstić information content (AvgIpc) is 2.73. The second-order valence-corrected chi connectivity index (χ2v) is 4.39. The van der Waals surface area contributed by atoms with Gasteiger partial charge in [-0.2, -0.15) is 0 Å². The van der Waals surface area contributed by atoms with Gasteiger partial charge in [-0.05, 0) is 19.1 Å². The zero-order chi connectivity index (χ0) is 13.8. The lowest BCUT2D eigenvalue weighted by molar-refractivity contribution is -0.121. The number of nitrogens with zero attached hydrogens (tertiary/aromatic N) is 3. The molecule has 0 saturated carbocycles.